The van der Waals surface area contributed by atoms with E-state index >= 15 is 0 Å². The SMILES string of the molecule is CCN(CC)c1ccc(NC(=O)c2c(-c3c(Cl)cccc3Cl)noc2CCC(O)CO)cc1. The van der Waals surface area contributed by atoms with Gasteiger partial charge in [0, 0.05) is 36.4 Å². The van der Waals surface area contributed by atoms with Crippen molar-refractivity contribution in [3.05, 3.63) is 63.8 Å². The van der Waals surface area contributed by atoms with Crippen LogP contribution in [0.2, 0.25) is 10.0 Å². The highest BCUT2D eigenvalue weighted by Gasteiger charge is 2.27. The van der Waals surface area contributed by atoms with Gasteiger partial charge in [-0.15, -0.1) is 0 Å². The molecular weight excluding hydrogens is 465 g/mol. The lowest BCUT2D eigenvalue weighted by molar-refractivity contribution is 0.0867. The quantitative estimate of drug-likeness (QED) is 0.367. The summed E-state index contributed by atoms with van der Waals surface area (Å²) >= 11 is 12.7. The molecule has 0 saturated carbocycles. The van der Waals surface area contributed by atoms with Gasteiger partial charge in [0.05, 0.1) is 22.8 Å². The number of amides is 1. The molecule has 3 rings (SSSR count). The number of carbonyl (C=O) groups is 1. The predicted octanol–water partition coefficient (Wildman–Crippen LogP) is 5.03. The highest BCUT2D eigenvalue weighted by atomic mass is 35.5. The van der Waals surface area contributed by atoms with Crippen molar-refractivity contribution < 1.29 is 19.5 Å². The number of nitrogens with one attached hydrogen (secondary N) is 1. The Morgan fingerprint density at radius 1 is 1.12 bits per heavy atom. The first-order valence-corrected chi connectivity index (χ1v) is 11.5. The summed E-state index contributed by atoms with van der Waals surface area (Å²) < 4.78 is 5.47. The van der Waals surface area contributed by atoms with Crippen molar-refractivity contribution in [3.8, 4) is 11.3 Å². The number of halogens is 2. The maximum Gasteiger partial charge on any atom is 0.261 e. The fourth-order valence-electron chi connectivity index (χ4n) is 3.55. The average molecular weight is 492 g/mol. The van der Waals surface area contributed by atoms with Gasteiger partial charge in [-0.1, -0.05) is 34.4 Å². The van der Waals surface area contributed by atoms with E-state index in [4.69, 9.17) is 32.8 Å². The number of aliphatic hydroxyl groups excluding tert-OH is 2. The van der Waals surface area contributed by atoms with Gasteiger partial charge in [-0.3, -0.25) is 4.79 Å². The van der Waals surface area contributed by atoms with Gasteiger partial charge in [-0.25, -0.2) is 0 Å². The van der Waals surface area contributed by atoms with E-state index in [0.717, 1.165) is 18.8 Å². The molecule has 9 heteroatoms. The molecule has 1 aromatic heterocycles. The first-order chi connectivity index (χ1) is 15.9. The van der Waals surface area contributed by atoms with Crippen LogP contribution in [0.25, 0.3) is 11.3 Å². The van der Waals surface area contributed by atoms with Crippen molar-refractivity contribution in [2.75, 3.05) is 29.9 Å². The molecule has 1 amide bonds. The topological polar surface area (TPSA) is 98.8 Å². The summed E-state index contributed by atoms with van der Waals surface area (Å²) in [6, 6.07) is 12.6. The third-order valence-electron chi connectivity index (χ3n) is 5.36. The summed E-state index contributed by atoms with van der Waals surface area (Å²) in [6.07, 6.45) is -0.549. The van der Waals surface area contributed by atoms with Crippen LogP contribution in [0.15, 0.2) is 47.0 Å². The van der Waals surface area contributed by atoms with Crippen molar-refractivity contribution in [2.24, 2.45) is 0 Å². The number of hydrogen-bond donors (Lipinski definition) is 3. The zero-order chi connectivity index (χ0) is 24.0. The number of anilines is 2. The molecule has 0 fully saturated rings. The molecule has 0 radical (unpaired) electrons. The average Bonchev–Trinajstić information content (AvgIpc) is 3.22. The Morgan fingerprint density at radius 3 is 2.33 bits per heavy atom. The van der Waals surface area contributed by atoms with Crippen LogP contribution >= 0.6 is 23.2 Å². The first-order valence-electron chi connectivity index (χ1n) is 10.8. The van der Waals surface area contributed by atoms with Crippen molar-refractivity contribution in [1.82, 2.24) is 5.16 Å². The summed E-state index contributed by atoms with van der Waals surface area (Å²) in [4.78, 5) is 15.5. The molecule has 0 spiro atoms. The van der Waals surface area contributed by atoms with Crippen LogP contribution in [0.4, 0.5) is 11.4 Å². The number of carbonyl (C=O) groups excluding carboxylic acids is 1. The van der Waals surface area contributed by atoms with Crippen LogP contribution in [0, 0.1) is 0 Å². The van der Waals surface area contributed by atoms with Crippen LogP contribution < -0.4 is 10.2 Å². The van der Waals surface area contributed by atoms with Gasteiger partial charge >= 0.3 is 0 Å². The Bertz CT molecular complexity index is 1060. The van der Waals surface area contributed by atoms with Gasteiger partial charge in [-0.2, -0.15) is 0 Å². The number of aryl methyl sites for hydroxylation is 1. The smallest absolute Gasteiger partial charge is 0.261 e. The Labute approximate surface area is 202 Å². The third-order valence-corrected chi connectivity index (χ3v) is 5.99. The van der Waals surface area contributed by atoms with E-state index in [1.165, 1.54) is 0 Å². The number of aliphatic hydroxyl groups is 2. The Balaban J connectivity index is 1.95. The minimum atomic E-state index is -0.939. The maximum absolute atomic E-state index is 13.3. The second kappa shape index (κ2) is 11.5. The van der Waals surface area contributed by atoms with Gasteiger partial charge in [0.1, 0.15) is 17.0 Å². The number of nitrogens with zero attached hydrogens (tertiary/aromatic N) is 2. The minimum Gasteiger partial charge on any atom is -0.394 e. The molecule has 176 valence electrons. The molecule has 0 aliphatic rings. The van der Waals surface area contributed by atoms with Crippen LogP contribution in [0.3, 0.4) is 0 Å². The molecule has 7 nitrogen and oxygen atoms in total. The van der Waals surface area contributed by atoms with E-state index in [0.29, 0.717) is 21.3 Å². The van der Waals surface area contributed by atoms with Crippen LogP contribution in [-0.2, 0) is 6.42 Å². The van der Waals surface area contributed by atoms with Crippen molar-refractivity contribution in [3.63, 3.8) is 0 Å². The molecule has 0 aliphatic carbocycles. The van der Waals surface area contributed by atoms with E-state index in [-0.39, 0.29) is 29.9 Å². The molecule has 1 unspecified atom stereocenters. The number of hydrogen-bond acceptors (Lipinski definition) is 6. The number of aromatic nitrogens is 1. The second-order valence-corrected chi connectivity index (χ2v) is 8.29. The first kappa shape index (κ1) is 25.1. The van der Waals surface area contributed by atoms with Crippen molar-refractivity contribution in [2.45, 2.75) is 32.8 Å². The van der Waals surface area contributed by atoms with E-state index < -0.39 is 18.6 Å². The van der Waals surface area contributed by atoms with Crippen LogP contribution in [-0.4, -0.2) is 47.1 Å². The standard InChI is InChI=1S/C24H27Cl2N3O4/c1-3-29(4-2)16-10-8-15(9-11-16)27-24(32)22-20(13-12-17(31)14-30)33-28-23(22)21-18(25)6-5-7-19(21)26/h5-11,17,30-31H,3-4,12-14H2,1-2H3,(H,27,32). The summed E-state index contributed by atoms with van der Waals surface area (Å²) in [5, 5.41) is 26.5. The summed E-state index contributed by atoms with van der Waals surface area (Å²) in [5.41, 5.74) is 2.46. The monoisotopic (exact) mass is 491 g/mol. The Hall–Kier alpha value is -2.58. The second-order valence-electron chi connectivity index (χ2n) is 7.47. The third kappa shape index (κ3) is 5.86. The zero-order valence-electron chi connectivity index (χ0n) is 18.5. The zero-order valence-corrected chi connectivity index (χ0v) is 20.0. The number of rotatable bonds is 10. The lowest BCUT2D eigenvalue weighted by Crippen LogP contribution is -2.21. The molecule has 1 heterocycles. The fraction of sp³-hybridized carbons (Fsp3) is 0.333. The Kier molecular flexibility index (Phi) is 8.74. The summed E-state index contributed by atoms with van der Waals surface area (Å²) in [6.45, 7) is 5.54. The van der Waals surface area contributed by atoms with Crippen molar-refractivity contribution >= 4 is 40.5 Å². The highest BCUT2D eigenvalue weighted by Crippen LogP contribution is 2.37. The molecule has 0 bridgehead atoms. The van der Waals surface area contributed by atoms with Gasteiger partial charge in [0.25, 0.3) is 5.91 Å². The maximum atomic E-state index is 13.3. The van der Waals surface area contributed by atoms with Crippen LogP contribution in [0.5, 0.6) is 0 Å². The normalized spacial score (nSPS) is 11.9. The molecule has 3 aromatic rings. The lowest BCUT2D eigenvalue weighted by Gasteiger charge is -2.21. The minimum absolute atomic E-state index is 0.183. The van der Waals surface area contributed by atoms with Gasteiger partial charge in [-0.05, 0) is 56.7 Å². The molecule has 0 saturated heterocycles. The van der Waals surface area contributed by atoms with Gasteiger partial charge in [0.15, 0.2) is 0 Å². The summed E-state index contributed by atoms with van der Waals surface area (Å²) in [5.74, 6) is -0.169. The summed E-state index contributed by atoms with van der Waals surface area (Å²) in [7, 11) is 0. The molecule has 0 aliphatic heterocycles. The van der Waals surface area contributed by atoms with Crippen molar-refractivity contribution in [1.29, 1.82) is 0 Å². The number of benzene rings is 2. The van der Waals surface area contributed by atoms with E-state index in [2.05, 4.69) is 29.2 Å². The predicted molar refractivity (Wildman–Crippen MR) is 131 cm³/mol. The lowest BCUT2D eigenvalue weighted by atomic mass is 10.0. The van der Waals surface area contributed by atoms with E-state index in [1.54, 1.807) is 18.2 Å². The molecule has 1 atom stereocenters. The van der Waals surface area contributed by atoms with Gasteiger partial charge in [0.2, 0.25) is 0 Å². The highest BCUT2D eigenvalue weighted by molar-refractivity contribution is 6.39. The van der Waals surface area contributed by atoms with E-state index in [1.807, 2.05) is 24.3 Å². The molecule has 2 aromatic carbocycles. The van der Waals surface area contributed by atoms with Gasteiger partial charge < -0.3 is 25.0 Å². The largest absolute Gasteiger partial charge is 0.394 e. The fourth-order valence-corrected chi connectivity index (χ4v) is 4.13. The Morgan fingerprint density at radius 2 is 1.76 bits per heavy atom. The van der Waals surface area contributed by atoms with E-state index in [9.17, 15) is 9.90 Å². The molecule has 3 N–H and O–H groups in total. The molecule has 33 heavy (non-hydrogen) atoms. The molecular formula is C24H27Cl2N3O4. The van der Waals surface area contributed by atoms with Crippen LogP contribution in [0.1, 0.15) is 36.4 Å².